The molecular weight excluding hydrogens is 232 g/mol. The third kappa shape index (κ3) is 3.36. The van der Waals surface area contributed by atoms with Crippen molar-refractivity contribution in [2.45, 2.75) is 17.4 Å². The zero-order chi connectivity index (χ0) is 11.5. The average molecular weight is 245 g/mol. The van der Waals surface area contributed by atoms with Crippen molar-refractivity contribution in [1.29, 1.82) is 0 Å². The summed E-state index contributed by atoms with van der Waals surface area (Å²) in [6, 6.07) is 7.20. The molecule has 0 radical (unpaired) electrons. The van der Waals surface area contributed by atoms with Crippen LogP contribution in [-0.2, 0) is 15.6 Å². The quantitative estimate of drug-likeness (QED) is 0.764. The maximum Gasteiger partial charge on any atom is 0.170 e. The van der Waals surface area contributed by atoms with E-state index in [2.05, 4.69) is 6.58 Å². The normalized spacial score (nSPS) is 13.5. The van der Waals surface area contributed by atoms with Gasteiger partial charge >= 0.3 is 0 Å². The van der Waals surface area contributed by atoms with E-state index in [9.17, 15) is 8.42 Å². The lowest BCUT2D eigenvalue weighted by Crippen LogP contribution is -2.13. The summed E-state index contributed by atoms with van der Waals surface area (Å²) in [4.78, 5) is 0. The Kier molecular flexibility index (Phi) is 3.94. The molecule has 0 saturated heterocycles. The molecule has 0 spiro atoms. The maximum atomic E-state index is 11.5. The molecular formula is C11H13ClO2S. The van der Waals surface area contributed by atoms with E-state index in [0.717, 1.165) is 11.1 Å². The van der Waals surface area contributed by atoms with Crippen molar-refractivity contribution in [2.24, 2.45) is 0 Å². The standard InChI is InChI=1S/C11H13ClO2S/c1-3-10-4-6-11(7-5-10)8-15(13,14)9(2)12/h3-7,9H,1,8H2,2H3. The summed E-state index contributed by atoms with van der Waals surface area (Å²) in [6.07, 6.45) is 1.71. The predicted molar refractivity (Wildman–Crippen MR) is 64.5 cm³/mol. The number of alkyl halides is 1. The fourth-order valence-electron chi connectivity index (χ4n) is 1.10. The Balaban J connectivity index is 2.87. The fraction of sp³-hybridized carbons (Fsp3) is 0.273. The minimum atomic E-state index is -3.23. The van der Waals surface area contributed by atoms with Crippen LogP contribution in [0.5, 0.6) is 0 Å². The molecule has 0 N–H and O–H groups in total. The van der Waals surface area contributed by atoms with E-state index in [-0.39, 0.29) is 5.75 Å². The van der Waals surface area contributed by atoms with Gasteiger partial charge in [0.25, 0.3) is 0 Å². The Bertz CT molecular complexity index is 432. The summed E-state index contributed by atoms with van der Waals surface area (Å²) >= 11 is 5.57. The molecule has 0 aromatic heterocycles. The van der Waals surface area contributed by atoms with Gasteiger partial charge in [-0.05, 0) is 18.1 Å². The van der Waals surface area contributed by atoms with Crippen LogP contribution >= 0.6 is 11.6 Å². The lowest BCUT2D eigenvalue weighted by atomic mass is 10.1. The van der Waals surface area contributed by atoms with Crippen molar-refractivity contribution in [1.82, 2.24) is 0 Å². The molecule has 0 aliphatic heterocycles. The van der Waals surface area contributed by atoms with Gasteiger partial charge in [-0.25, -0.2) is 8.42 Å². The Morgan fingerprint density at radius 2 is 1.93 bits per heavy atom. The van der Waals surface area contributed by atoms with E-state index in [0.29, 0.717) is 0 Å². The van der Waals surface area contributed by atoms with Crippen molar-refractivity contribution >= 4 is 27.5 Å². The molecule has 0 heterocycles. The molecule has 15 heavy (non-hydrogen) atoms. The number of hydrogen-bond donors (Lipinski definition) is 0. The zero-order valence-electron chi connectivity index (χ0n) is 8.48. The van der Waals surface area contributed by atoms with Crippen LogP contribution < -0.4 is 0 Å². The highest BCUT2D eigenvalue weighted by Gasteiger charge is 2.18. The molecule has 1 rings (SSSR count). The smallest absolute Gasteiger partial charge is 0.170 e. The van der Waals surface area contributed by atoms with Gasteiger partial charge in [-0.3, -0.25) is 0 Å². The van der Waals surface area contributed by atoms with E-state index in [1.807, 2.05) is 12.1 Å². The van der Waals surface area contributed by atoms with Crippen molar-refractivity contribution in [3.8, 4) is 0 Å². The second-order valence-electron chi connectivity index (χ2n) is 3.30. The highest BCUT2D eigenvalue weighted by atomic mass is 35.5. The Labute approximate surface area is 95.5 Å². The van der Waals surface area contributed by atoms with E-state index < -0.39 is 14.5 Å². The maximum absolute atomic E-state index is 11.5. The van der Waals surface area contributed by atoms with Crippen molar-refractivity contribution in [3.63, 3.8) is 0 Å². The van der Waals surface area contributed by atoms with Crippen molar-refractivity contribution < 1.29 is 8.42 Å². The van der Waals surface area contributed by atoms with Crippen LogP contribution in [0.2, 0.25) is 0 Å². The van der Waals surface area contributed by atoms with Gasteiger partial charge in [-0.2, -0.15) is 0 Å². The van der Waals surface area contributed by atoms with E-state index in [4.69, 9.17) is 11.6 Å². The summed E-state index contributed by atoms with van der Waals surface area (Å²) in [5, 5.41) is 0. The monoisotopic (exact) mass is 244 g/mol. The van der Waals surface area contributed by atoms with Gasteiger partial charge in [-0.1, -0.05) is 36.9 Å². The molecule has 2 nitrogen and oxygen atoms in total. The molecule has 1 atom stereocenters. The second-order valence-corrected chi connectivity index (χ2v) is 6.53. The second kappa shape index (κ2) is 4.81. The summed E-state index contributed by atoms with van der Waals surface area (Å²) in [5.74, 6) is -0.0188. The van der Waals surface area contributed by atoms with Crippen LogP contribution in [0, 0.1) is 0 Å². The van der Waals surface area contributed by atoms with Crippen LogP contribution in [0.4, 0.5) is 0 Å². The summed E-state index contributed by atoms with van der Waals surface area (Å²) < 4.78 is 22.2. The molecule has 0 amide bonds. The molecule has 1 aromatic carbocycles. The minimum Gasteiger partial charge on any atom is -0.227 e. The number of benzene rings is 1. The molecule has 1 unspecified atom stereocenters. The van der Waals surface area contributed by atoms with E-state index in [1.54, 1.807) is 18.2 Å². The number of sulfone groups is 1. The van der Waals surface area contributed by atoms with Crippen LogP contribution in [-0.4, -0.2) is 13.1 Å². The summed E-state index contributed by atoms with van der Waals surface area (Å²) in [5.41, 5.74) is 1.71. The Hall–Kier alpha value is -0.800. The van der Waals surface area contributed by atoms with Gasteiger partial charge in [-0.15, -0.1) is 11.6 Å². The molecule has 0 aliphatic carbocycles. The minimum absolute atomic E-state index is 0.0188. The summed E-state index contributed by atoms with van der Waals surface area (Å²) in [7, 11) is -3.23. The first-order chi connectivity index (χ1) is 6.95. The molecule has 82 valence electrons. The highest BCUT2D eigenvalue weighted by Crippen LogP contribution is 2.14. The molecule has 0 fully saturated rings. The predicted octanol–water partition coefficient (Wildman–Crippen LogP) is 2.83. The molecule has 0 bridgehead atoms. The molecule has 0 saturated carbocycles. The van der Waals surface area contributed by atoms with E-state index >= 15 is 0 Å². The van der Waals surface area contributed by atoms with Crippen LogP contribution in [0.25, 0.3) is 6.08 Å². The lowest BCUT2D eigenvalue weighted by Gasteiger charge is -2.06. The Morgan fingerprint density at radius 3 is 2.33 bits per heavy atom. The lowest BCUT2D eigenvalue weighted by molar-refractivity contribution is 0.593. The summed E-state index contributed by atoms with van der Waals surface area (Å²) in [6.45, 7) is 5.09. The van der Waals surface area contributed by atoms with Gasteiger partial charge in [0.05, 0.1) is 5.75 Å². The third-order valence-corrected chi connectivity index (χ3v) is 4.62. The Morgan fingerprint density at radius 1 is 1.40 bits per heavy atom. The third-order valence-electron chi connectivity index (χ3n) is 2.08. The van der Waals surface area contributed by atoms with Gasteiger partial charge in [0, 0.05) is 0 Å². The first-order valence-corrected chi connectivity index (χ1v) is 6.68. The highest BCUT2D eigenvalue weighted by molar-refractivity contribution is 7.92. The first-order valence-electron chi connectivity index (χ1n) is 4.53. The van der Waals surface area contributed by atoms with Crippen molar-refractivity contribution in [3.05, 3.63) is 42.0 Å². The molecule has 4 heteroatoms. The van der Waals surface area contributed by atoms with Gasteiger partial charge in [0.1, 0.15) is 4.71 Å². The SMILES string of the molecule is C=Cc1ccc(CS(=O)(=O)C(C)Cl)cc1. The van der Waals surface area contributed by atoms with Crippen LogP contribution in [0.15, 0.2) is 30.8 Å². The topological polar surface area (TPSA) is 34.1 Å². The first kappa shape index (κ1) is 12.3. The van der Waals surface area contributed by atoms with Gasteiger partial charge in [0.2, 0.25) is 0 Å². The van der Waals surface area contributed by atoms with Gasteiger partial charge in [0.15, 0.2) is 9.84 Å². The average Bonchev–Trinajstić information content (AvgIpc) is 2.18. The van der Waals surface area contributed by atoms with Crippen LogP contribution in [0.3, 0.4) is 0 Å². The van der Waals surface area contributed by atoms with Gasteiger partial charge < -0.3 is 0 Å². The number of rotatable bonds is 4. The molecule has 1 aromatic rings. The fourth-order valence-corrected chi connectivity index (χ4v) is 2.17. The number of hydrogen-bond acceptors (Lipinski definition) is 2. The largest absolute Gasteiger partial charge is 0.227 e. The zero-order valence-corrected chi connectivity index (χ0v) is 10.1. The van der Waals surface area contributed by atoms with E-state index in [1.165, 1.54) is 6.92 Å². The van der Waals surface area contributed by atoms with Crippen molar-refractivity contribution in [2.75, 3.05) is 0 Å². The van der Waals surface area contributed by atoms with Crippen LogP contribution in [0.1, 0.15) is 18.1 Å². The molecule has 0 aliphatic rings. The number of halogens is 1.